The van der Waals surface area contributed by atoms with Gasteiger partial charge < -0.3 is 15.4 Å². The largest absolute Gasteiger partial charge is 0.495 e. The van der Waals surface area contributed by atoms with Gasteiger partial charge in [0.25, 0.3) is 0 Å². The molecule has 0 aliphatic rings. The van der Waals surface area contributed by atoms with E-state index in [2.05, 4.69) is 4.90 Å². The summed E-state index contributed by atoms with van der Waals surface area (Å²) in [7, 11) is 3.65. The molecule has 0 saturated carbocycles. The summed E-state index contributed by atoms with van der Waals surface area (Å²) in [6, 6.07) is 13.6. The fourth-order valence-electron chi connectivity index (χ4n) is 1.89. The van der Waals surface area contributed by atoms with Gasteiger partial charge in [-0.15, -0.1) is 0 Å². The number of anilines is 2. The number of hydrogen-bond acceptors (Lipinski definition) is 3. The van der Waals surface area contributed by atoms with E-state index in [9.17, 15) is 0 Å². The highest BCUT2D eigenvalue weighted by Crippen LogP contribution is 2.27. The normalized spacial score (nSPS) is 10.3. The van der Waals surface area contributed by atoms with Gasteiger partial charge in [-0.25, -0.2) is 0 Å². The molecule has 100 valence electrons. The summed E-state index contributed by atoms with van der Waals surface area (Å²) >= 11 is 5.88. The van der Waals surface area contributed by atoms with Crippen molar-refractivity contribution in [2.24, 2.45) is 0 Å². The van der Waals surface area contributed by atoms with Gasteiger partial charge in [-0.05, 0) is 29.8 Å². The lowest BCUT2D eigenvalue weighted by atomic mass is 10.2. The van der Waals surface area contributed by atoms with Crippen LogP contribution in [0.1, 0.15) is 5.56 Å². The van der Waals surface area contributed by atoms with Gasteiger partial charge in [0, 0.05) is 30.4 Å². The standard InChI is InChI=1S/C15H17ClN2O/c1-18(10-11-3-5-12(16)6-4-11)13-7-8-14(17)15(9-13)19-2/h3-9H,10,17H2,1-2H3. The molecule has 0 atom stereocenters. The molecule has 0 fully saturated rings. The predicted molar refractivity (Wildman–Crippen MR) is 81.0 cm³/mol. The van der Waals surface area contributed by atoms with Crippen molar-refractivity contribution in [1.82, 2.24) is 0 Å². The number of rotatable bonds is 4. The lowest BCUT2D eigenvalue weighted by Gasteiger charge is -2.20. The quantitative estimate of drug-likeness (QED) is 0.868. The molecule has 0 heterocycles. The summed E-state index contributed by atoms with van der Waals surface area (Å²) in [4.78, 5) is 2.13. The Morgan fingerprint density at radius 1 is 1.16 bits per heavy atom. The number of nitrogen functional groups attached to an aromatic ring is 1. The maximum atomic E-state index is 5.88. The maximum absolute atomic E-state index is 5.88. The highest BCUT2D eigenvalue weighted by Gasteiger charge is 2.06. The minimum absolute atomic E-state index is 0.645. The van der Waals surface area contributed by atoms with E-state index in [0.29, 0.717) is 11.4 Å². The number of benzene rings is 2. The second-order valence-corrected chi connectivity index (χ2v) is 4.85. The fourth-order valence-corrected chi connectivity index (χ4v) is 2.02. The van der Waals surface area contributed by atoms with Crippen molar-refractivity contribution in [3.05, 3.63) is 53.1 Å². The molecule has 0 bridgehead atoms. The first-order valence-corrected chi connectivity index (χ1v) is 6.37. The Morgan fingerprint density at radius 3 is 2.47 bits per heavy atom. The molecule has 2 N–H and O–H groups in total. The van der Waals surface area contributed by atoms with E-state index in [-0.39, 0.29) is 0 Å². The van der Waals surface area contributed by atoms with Crippen molar-refractivity contribution < 1.29 is 4.74 Å². The maximum Gasteiger partial charge on any atom is 0.143 e. The molecule has 0 aliphatic heterocycles. The van der Waals surface area contributed by atoms with Crippen LogP contribution in [0.25, 0.3) is 0 Å². The molecule has 2 rings (SSSR count). The third-order valence-corrected chi connectivity index (χ3v) is 3.24. The molecule has 0 spiro atoms. The summed E-state index contributed by atoms with van der Waals surface area (Å²) in [6.07, 6.45) is 0. The second kappa shape index (κ2) is 5.85. The Balaban J connectivity index is 2.15. The Morgan fingerprint density at radius 2 is 1.84 bits per heavy atom. The summed E-state index contributed by atoms with van der Waals surface area (Å²) in [5.41, 5.74) is 8.71. The molecule has 3 nitrogen and oxygen atoms in total. The Hall–Kier alpha value is -1.87. The van der Waals surface area contributed by atoms with Crippen molar-refractivity contribution in [2.75, 3.05) is 24.8 Å². The number of nitrogens with zero attached hydrogens (tertiary/aromatic N) is 1. The monoisotopic (exact) mass is 276 g/mol. The first kappa shape index (κ1) is 13.6. The lowest BCUT2D eigenvalue weighted by molar-refractivity contribution is 0.417. The molecule has 2 aromatic carbocycles. The van der Waals surface area contributed by atoms with Gasteiger partial charge in [0.05, 0.1) is 12.8 Å². The van der Waals surface area contributed by atoms with E-state index in [1.807, 2.05) is 49.5 Å². The van der Waals surface area contributed by atoms with E-state index < -0.39 is 0 Å². The number of nitrogens with two attached hydrogens (primary N) is 1. The van der Waals surface area contributed by atoms with Crippen molar-refractivity contribution in [3.8, 4) is 5.75 Å². The van der Waals surface area contributed by atoms with Gasteiger partial charge in [-0.2, -0.15) is 0 Å². The minimum atomic E-state index is 0.645. The van der Waals surface area contributed by atoms with Gasteiger partial charge in [0.1, 0.15) is 5.75 Å². The van der Waals surface area contributed by atoms with E-state index in [1.165, 1.54) is 5.56 Å². The van der Waals surface area contributed by atoms with Gasteiger partial charge in [-0.1, -0.05) is 23.7 Å². The zero-order valence-electron chi connectivity index (χ0n) is 11.1. The van der Waals surface area contributed by atoms with Crippen LogP contribution in [0, 0.1) is 0 Å². The summed E-state index contributed by atoms with van der Waals surface area (Å²) < 4.78 is 5.23. The molecule has 0 aliphatic carbocycles. The molecule has 0 saturated heterocycles. The van der Waals surface area contributed by atoms with Crippen LogP contribution in [0.5, 0.6) is 5.75 Å². The second-order valence-electron chi connectivity index (χ2n) is 4.41. The van der Waals surface area contributed by atoms with Crippen LogP contribution in [0.4, 0.5) is 11.4 Å². The van der Waals surface area contributed by atoms with E-state index in [1.54, 1.807) is 7.11 Å². The molecule has 0 unspecified atom stereocenters. The first-order valence-electron chi connectivity index (χ1n) is 5.99. The van der Waals surface area contributed by atoms with Crippen LogP contribution >= 0.6 is 11.6 Å². The predicted octanol–water partition coefficient (Wildman–Crippen LogP) is 3.57. The number of halogens is 1. The van der Waals surface area contributed by atoms with Gasteiger partial charge in [0.2, 0.25) is 0 Å². The summed E-state index contributed by atoms with van der Waals surface area (Å²) in [6.45, 7) is 0.796. The summed E-state index contributed by atoms with van der Waals surface area (Å²) in [5, 5.41) is 0.751. The van der Waals surface area contributed by atoms with Crippen LogP contribution in [-0.4, -0.2) is 14.2 Å². The molecular weight excluding hydrogens is 260 g/mol. The topological polar surface area (TPSA) is 38.5 Å². The smallest absolute Gasteiger partial charge is 0.143 e. The zero-order valence-corrected chi connectivity index (χ0v) is 11.8. The van der Waals surface area contributed by atoms with E-state index >= 15 is 0 Å². The number of hydrogen-bond donors (Lipinski definition) is 1. The van der Waals surface area contributed by atoms with Gasteiger partial charge >= 0.3 is 0 Å². The molecule has 0 aromatic heterocycles. The van der Waals surface area contributed by atoms with Gasteiger partial charge in [0.15, 0.2) is 0 Å². The Kier molecular flexibility index (Phi) is 4.17. The average Bonchev–Trinajstić information content (AvgIpc) is 2.42. The third kappa shape index (κ3) is 3.32. The Bertz CT molecular complexity index is 555. The molecule has 2 aromatic rings. The molecule has 4 heteroatoms. The lowest BCUT2D eigenvalue weighted by Crippen LogP contribution is -2.16. The van der Waals surface area contributed by atoms with Gasteiger partial charge in [-0.3, -0.25) is 0 Å². The van der Waals surface area contributed by atoms with Crippen LogP contribution in [-0.2, 0) is 6.54 Å². The Labute approximate surface area is 118 Å². The van der Waals surface area contributed by atoms with E-state index in [0.717, 1.165) is 17.3 Å². The van der Waals surface area contributed by atoms with Crippen LogP contribution in [0.3, 0.4) is 0 Å². The minimum Gasteiger partial charge on any atom is -0.495 e. The number of ether oxygens (including phenoxy) is 1. The van der Waals surface area contributed by atoms with Crippen LogP contribution in [0.2, 0.25) is 5.02 Å². The van der Waals surface area contributed by atoms with Crippen molar-refractivity contribution in [3.63, 3.8) is 0 Å². The highest BCUT2D eigenvalue weighted by atomic mass is 35.5. The van der Waals surface area contributed by atoms with E-state index in [4.69, 9.17) is 22.1 Å². The first-order chi connectivity index (χ1) is 9.10. The zero-order chi connectivity index (χ0) is 13.8. The molecule has 0 radical (unpaired) electrons. The molecule has 0 amide bonds. The van der Waals surface area contributed by atoms with Crippen molar-refractivity contribution in [2.45, 2.75) is 6.54 Å². The van der Waals surface area contributed by atoms with Crippen LogP contribution in [0.15, 0.2) is 42.5 Å². The van der Waals surface area contributed by atoms with Crippen LogP contribution < -0.4 is 15.4 Å². The van der Waals surface area contributed by atoms with Crippen molar-refractivity contribution >= 4 is 23.0 Å². The fraction of sp³-hybridized carbons (Fsp3) is 0.200. The third-order valence-electron chi connectivity index (χ3n) is 2.99. The molecular formula is C15H17ClN2O. The highest BCUT2D eigenvalue weighted by molar-refractivity contribution is 6.30. The average molecular weight is 277 g/mol. The SMILES string of the molecule is COc1cc(N(C)Cc2ccc(Cl)cc2)ccc1N. The summed E-state index contributed by atoms with van der Waals surface area (Å²) in [5.74, 6) is 0.695. The number of methoxy groups -OCH3 is 1. The van der Waals surface area contributed by atoms with Crippen molar-refractivity contribution in [1.29, 1.82) is 0 Å². The molecule has 19 heavy (non-hydrogen) atoms.